The summed E-state index contributed by atoms with van der Waals surface area (Å²) in [6.07, 6.45) is 0.704. The van der Waals surface area contributed by atoms with Gasteiger partial charge in [0.25, 0.3) is 0 Å². The van der Waals surface area contributed by atoms with Crippen LogP contribution in [0.25, 0.3) is 0 Å². The minimum absolute atomic E-state index is 0.349. The maximum Gasteiger partial charge on any atom is 0.325 e. The molecular formula is C5H11N3O2. The highest BCUT2D eigenvalue weighted by Crippen LogP contribution is 1.82. The van der Waals surface area contributed by atoms with Crippen LogP contribution in [0.4, 0.5) is 0 Å². The number of hydrazine groups is 1. The van der Waals surface area contributed by atoms with Crippen LogP contribution in [0.1, 0.15) is 13.3 Å². The van der Waals surface area contributed by atoms with Crippen molar-refractivity contribution >= 4 is 11.8 Å². The second kappa shape index (κ2) is 3.84. The van der Waals surface area contributed by atoms with Crippen LogP contribution in [-0.4, -0.2) is 23.4 Å². The summed E-state index contributed by atoms with van der Waals surface area (Å²) < 4.78 is 0. The molecule has 4 N–H and O–H groups in total. The summed E-state index contributed by atoms with van der Waals surface area (Å²) in [7, 11) is 0. The fraction of sp³-hybridized carbons (Fsp3) is 0.600. The molecule has 0 saturated carbocycles. The quantitative estimate of drug-likeness (QED) is 0.216. The van der Waals surface area contributed by atoms with Gasteiger partial charge in [-0.2, -0.15) is 0 Å². The number of nitrogens with two attached hydrogens (primary N) is 2. The lowest BCUT2D eigenvalue weighted by Crippen LogP contribution is -2.45. The SMILES string of the molecule is CCCN(N)C(=O)C(N)=O. The van der Waals surface area contributed by atoms with E-state index in [9.17, 15) is 9.59 Å². The van der Waals surface area contributed by atoms with E-state index in [2.05, 4.69) is 5.73 Å². The van der Waals surface area contributed by atoms with Crippen molar-refractivity contribution in [3.63, 3.8) is 0 Å². The van der Waals surface area contributed by atoms with E-state index in [0.717, 1.165) is 5.01 Å². The van der Waals surface area contributed by atoms with Crippen LogP contribution in [0.3, 0.4) is 0 Å². The van der Waals surface area contributed by atoms with Gasteiger partial charge in [0.1, 0.15) is 0 Å². The van der Waals surface area contributed by atoms with E-state index < -0.39 is 11.8 Å². The van der Waals surface area contributed by atoms with Gasteiger partial charge in [-0.25, -0.2) is 5.84 Å². The smallest absolute Gasteiger partial charge is 0.325 e. The fourth-order valence-electron chi connectivity index (χ4n) is 0.484. The van der Waals surface area contributed by atoms with Gasteiger partial charge in [0.15, 0.2) is 0 Å². The summed E-state index contributed by atoms with van der Waals surface area (Å²) in [6, 6.07) is 0. The summed E-state index contributed by atoms with van der Waals surface area (Å²) in [6.45, 7) is 2.19. The van der Waals surface area contributed by atoms with Crippen LogP contribution in [-0.2, 0) is 9.59 Å². The normalized spacial score (nSPS) is 9.00. The molecule has 0 aliphatic carbocycles. The van der Waals surface area contributed by atoms with Crippen molar-refractivity contribution < 1.29 is 9.59 Å². The molecule has 0 fully saturated rings. The Morgan fingerprint density at radius 2 is 2.00 bits per heavy atom. The molecule has 10 heavy (non-hydrogen) atoms. The van der Waals surface area contributed by atoms with E-state index in [1.54, 1.807) is 0 Å². The Balaban J connectivity index is 3.82. The third-order valence-electron chi connectivity index (χ3n) is 0.936. The number of hydrogen-bond donors (Lipinski definition) is 2. The van der Waals surface area contributed by atoms with Gasteiger partial charge in [0.2, 0.25) is 0 Å². The van der Waals surface area contributed by atoms with E-state index in [1.807, 2.05) is 6.92 Å². The standard InChI is InChI=1S/C5H11N3O2/c1-2-3-8(7)5(10)4(6)9/h2-3,7H2,1H3,(H2,6,9). The van der Waals surface area contributed by atoms with Crippen LogP contribution in [0, 0.1) is 0 Å². The zero-order chi connectivity index (χ0) is 8.15. The minimum atomic E-state index is -1.02. The number of nitrogens with zero attached hydrogens (tertiary/aromatic N) is 1. The molecule has 0 heterocycles. The number of carbonyl (C=O) groups is 2. The van der Waals surface area contributed by atoms with Gasteiger partial charge in [-0.3, -0.25) is 14.6 Å². The first kappa shape index (κ1) is 8.90. The van der Waals surface area contributed by atoms with E-state index in [-0.39, 0.29) is 0 Å². The van der Waals surface area contributed by atoms with Crippen LogP contribution in [0.2, 0.25) is 0 Å². The number of amides is 2. The molecule has 0 aliphatic rings. The maximum absolute atomic E-state index is 10.6. The van der Waals surface area contributed by atoms with Crippen molar-refractivity contribution in [1.29, 1.82) is 0 Å². The molecule has 0 atom stereocenters. The number of primary amides is 1. The van der Waals surface area contributed by atoms with Crippen molar-refractivity contribution in [2.75, 3.05) is 6.54 Å². The van der Waals surface area contributed by atoms with Gasteiger partial charge < -0.3 is 5.73 Å². The monoisotopic (exact) mass is 145 g/mol. The van der Waals surface area contributed by atoms with Gasteiger partial charge in [-0.05, 0) is 6.42 Å². The molecule has 0 rings (SSSR count). The lowest BCUT2D eigenvalue weighted by molar-refractivity contribution is -0.144. The van der Waals surface area contributed by atoms with Gasteiger partial charge in [-0.1, -0.05) is 6.92 Å². The number of hydrogen-bond acceptors (Lipinski definition) is 3. The number of carbonyl (C=O) groups excluding carboxylic acids is 2. The molecule has 0 unspecified atom stereocenters. The Bertz CT molecular complexity index is 146. The predicted molar refractivity (Wildman–Crippen MR) is 35.4 cm³/mol. The van der Waals surface area contributed by atoms with Gasteiger partial charge in [0.05, 0.1) is 0 Å². The lowest BCUT2D eigenvalue weighted by atomic mass is 10.4. The van der Waals surface area contributed by atoms with E-state index in [1.165, 1.54) is 0 Å². The van der Waals surface area contributed by atoms with E-state index >= 15 is 0 Å². The van der Waals surface area contributed by atoms with Crippen LogP contribution in [0.5, 0.6) is 0 Å². The topological polar surface area (TPSA) is 89.4 Å². The third-order valence-corrected chi connectivity index (χ3v) is 0.936. The Labute approximate surface area is 58.9 Å². The molecule has 0 aromatic rings. The predicted octanol–water partition coefficient (Wildman–Crippen LogP) is -1.42. The van der Waals surface area contributed by atoms with Gasteiger partial charge >= 0.3 is 11.8 Å². The average molecular weight is 145 g/mol. The second-order valence-corrected chi connectivity index (χ2v) is 1.86. The van der Waals surface area contributed by atoms with Crippen LogP contribution in [0.15, 0.2) is 0 Å². The second-order valence-electron chi connectivity index (χ2n) is 1.86. The molecule has 5 heteroatoms. The zero-order valence-electron chi connectivity index (χ0n) is 5.83. The fourth-order valence-corrected chi connectivity index (χ4v) is 0.484. The van der Waals surface area contributed by atoms with Crippen molar-refractivity contribution in [2.45, 2.75) is 13.3 Å². The summed E-state index contributed by atoms with van der Waals surface area (Å²) in [5.74, 6) is 3.25. The van der Waals surface area contributed by atoms with Crippen molar-refractivity contribution in [1.82, 2.24) is 5.01 Å². The molecule has 58 valence electrons. The summed E-state index contributed by atoms with van der Waals surface area (Å²) in [4.78, 5) is 20.7. The highest BCUT2D eigenvalue weighted by molar-refractivity contribution is 6.34. The Morgan fingerprint density at radius 1 is 1.50 bits per heavy atom. The first-order valence-corrected chi connectivity index (χ1v) is 2.95. The van der Waals surface area contributed by atoms with Crippen LogP contribution < -0.4 is 11.6 Å². The van der Waals surface area contributed by atoms with E-state index in [0.29, 0.717) is 13.0 Å². The summed E-state index contributed by atoms with van der Waals surface area (Å²) in [5.41, 5.74) is 4.66. The Hall–Kier alpha value is -1.10. The van der Waals surface area contributed by atoms with Crippen molar-refractivity contribution in [3.8, 4) is 0 Å². The van der Waals surface area contributed by atoms with Gasteiger partial charge in [-0.15, -0.1) is 0 Å². The molecule has 0 spiro atoms. The highest BCUT2D eigenvalue weighted by atomic mass is 16.2. The van der Waals surface area contributed by atoms with Crippen molar-refractivity contribution in [2.24, 2.45) is 11.6 Å². The number of rotatable bonds is 2. The highest BCUT2D eigenvalue weighted by Gasteiger charge is 2.13. The third kappa shape index (κ3) is 2.45. The molecule has 0 aromatic carbocycles. The molecule has 0 aromatic heterocycles. The largest absolute Gasteiger partial charge is 0.361 e. The first-order valence-electron chi connectivity index (χ1n) is 2.95. The van der Waals surface area contributed by atoms with Crippen LogP contribution >= 0.6 is 0 Å². The molecule has 0 bridgehead atoms. The molecular weight excluding hydrogens is 134 g/mol. The zero-order valence-corrected chi connectivity index (χ0v) is 5.83. The average Bonchev–Trinajstić information content (AvgIpc) is 1.87. The Kier molecular flexibility index (Phi) is 3.42. The molecule has 0 saturated heterocycles. The molecule has 0 radical (unpaired) electrons. The molecule has 5 nitrogen and oxygen atoms in total. The molecule has 0 aliphatic heterocycles. The summed E-state index contributed by atoms with van der Waals surface area (Å²) >= 11 is 0. The van der Waals surface area contributed by atoms with E-state index in [4.69, 9.17) is 5.84 Å². The minimum Gasteiger partial charge on any atom is -0.361 e. The maximum atomic E-state index is 10.6. The Morgan fingerprint density at radius 3 is 2.30 bits per heavy atom. The molecule has 2 amide bonds. The summed E-state index contributed by atoms with van der Waals surface area (Å²) in [5, 5.41) is 0.808. The van der Waals surface area contributed by atoms with Gasteiger partial charge in [0, 0.05) is 6.54 Å². The lowest BCUT2D eigenvalue weighted by Gasteiger charge is -2.11. The van der Waals surface area contributed by atoms with Crippen molar-refractivity contribution in [3.05, 3.63) is 0 Å². The first-order chi connectivity index (χ1) is 4.59.